The highest BCUT2D eigenvalue weighted by molar-refractivity contribution is 6.33. The summed E-state index contributed by atoms with van der Waals surface area (Å²) in [5.74, 6) is -1.55. The van der Waals surface area contributed by atoms with Crippen LogP contribution in [0.25, 0.3) is 0 Å². The number of carbonyl (C=O) groups excluding carboxylic acids is 3. The molecule has 0 aromatic heterocycles. The molecular formula is C24H26ClFN4O3. The summed E-state index contributed by atoms with van der Waals surface area (Å²) in [5, 5.41) is 3.04. The lowest BCUT2D eigenvalue weighted by Gasteiger charge is -2.35. The number of nitrogens with zero attached hydrogens (tertiary/aromatic N) is 3. The minimum absolute atomic E-state index is 0.0444. The van der Waals surface area contributed by atoms with E-state index in [9.17, 15) is 18.8 Å². The fourth-order valence-corrected chi connectivity index (χ4v) is 4.50. The molecule has 1 unspecified atom stereocenters. The first-order chi connectivity index (χ1) is 15.9. The van der Waals surface area contributed by atoms with Crippen LogP contribution in [0.15, 0.2) is 48.5 Å². The molecule has 0 radical (unpaired) electrons. The van der Waals surface area contributed by atoms with Crippen molar-refractivity contribution in [2.45, 2.75) is 6.42 Å². The molecule has 2 aliphatic heterocycles. The van der Waals surface area contributed by atoms with Gasteiger partial charge in [-0.15, -0.1) is 0 Å². The monoisotopic (exact) mass is 472 g/mol. The van der Waals surface area contributed by atoms with E-state index < -0.39 is 11.7 Å². The Hall–Kier alpha value is -2.97. The lowest BCUT2D eigenvalue weighted by molar-refractivity contribution is -0.126. The number of hydrogen-bond donors (Lipinski definition) is 1. The predicted molar refractivity (Wildman–Crippen MR) is 124 cm³/mol. The van der Waals surface area contributed by atoms with E-state index in [1.165, 1.54) is 18.2 Å². The molecule has 2 heterocycles. The normalized spacial score (nSPS) is 19.1. The zero-order valence-electron chi connectivity index (χ0n) is 18.2. The summed E-state index contributed by atoms with van der Waals surface area (Å²) in [6, 6.07) is 13.6. The number of para-hydroxylation sites is 1. The highest BCUT2D eigenvalue weighted by Crippen LogP contribution is 2.25. The SMILES string of the molecule is O=C(NCCN1CCN(C(=O)c2c(F)cccc2Cl)CC1)C1CC(=O)N(c2ccccc2)C1. The predicted octanol–water partition coefficient (Wildman–Crippen LogP) is 2.41. The van der Waals surface area contributed by atoms with Gasteiger partial charge < -0.3 is 15.1 Å². The Kier molecular flexibility index (Phi) is 7.25. The Morgan fingerprint density at radius 2 is 1.76 bits per heavy atom. The summed E-state index contributed by atoms with van der Waals surface area (Å²) in [6.07, 6.45) is 0.208. The van der Waals surface area contributed by atoms with Gasteiger partial charge in [0.15, 0.2) is 0 Å². The maximum atomic E-state index is 14.0. The van der Waals surface area contributed by atoms with Crippen LogP contribution in [-0.2, 0) is 9.59 Å². The fourth-order valence-electron chi connectivity index (χ4n) is 4.26. The number of halogens is 2. The van der Waals surface area contributed by atoms with Crippen molar-refractivity contribution < 1.29 is 18.8 Å². The summed E-state index contributed by atoms with van der Waals surface area (Å²) in [5.41, 5.74) is 0.720. The molecular weight excluding hydrogens is 447 g/mol. The molecule has 2 aromatic rings. The van der Waals surface area contributed by atoms with E-state index in [4.69, 9.17) is 11.6 Å². The second kappa shape index (κ2) is 10.3. The zero-order valence-corrected chi connectivity index (χ0v) is 18.9. The lowest BCUT2D eigenvalue weighted by Crippen LogP contribution is -2.50. The summed E-state index contributed by atoms with van der Waals surface area (Å²) >= 11 is 6.01. The number of benzene rings is 2. The third kappa shape index (κ3) is 5.34. The summed E-state index contributed by atoms with van der Waals surface area (Å²) in [4.78, 5) is 42.9. The molecule has 2 aromatic carbocycles. The van der Waals surface area contributed by atoms with Crippen molar-refractivity contribution in [3.05, 3.63) is 64.9 Å². The number of rotatable bonds is 6. The standard InChI is InChI=1S/C24H26ClFN4O3/c25-19-7-4-8-20(26)22(19)24(33)29-13-11-28(12-14-29)10-9-27-23(32)17-15-21(31)30(16-17)18-5-2-1-3-6-18/h1-8,17H,9-16H2,(H,27,32). The third-order valence-electron chi connectivity index (χ3n) is 6.13. The van der Waals surface area contributed by atoms with Crippen molar-refractivity contribution in [3.8, 4) is 0 Å². The molecule has 3 amide bonds. The van der Waals surface area contributed by atoms with Crippen LogP contribution in [0.4, 0.5) is 10.1 Å². The van der Waals surface area contributed by atoms with E-state index in [0.29, 0.717) is 45.8 Å². The Morgan fingerprint density at radius 3 is 2.45 bits per heavy atom. The van der Waals surface area contributed by atoms with Crippen molar-refractivity contribution >= 4 is 35.0 Å². The molecule has 9 heteroatoms. The van der Waals surface area contributed by atoms with E-state index in [1.54, 1.807) is 9.80 Å². The number of carbonyl (C=O) groups is 3. The summed E-state index contributed by atoms with van der Waals surface area (Å²) in [6.45, 7) is 3.64. The van der Waals surface area contributed by atoms with E-state index >= 15 is 0 Å². The van der Waals surface area contributed by atoms with Gasteiger partial charge in [0.1, 0.15) is 5.82 Å². The largest absolute Gasteiger partial charge is 0.355 e. The van der Waals surface area contributed by atoms with E-state index in [0.717, 1.165) is 5.69 Å². The maximum Gasteiger partial charge on any atom is 0.258 e. The average Bonchev–Trinajstić information content (AvgIpc) is 3.21. The molecule has 0 spiro atoms. The number of nitrogens with one attached hydrogen (secondary N) is 1. The second-order valence-corrected chi connectivity index (χ2v) is 8.67. The van der Waals surface area contributed by atoms with Crippen LogP contribution >= 0.6 is 11.6 Å². The highest BCUT2D eigenvalue weighted by atomic mass is 35.5. The quantitative estimate of drug-likeness (QED) is 0.700. The van der Waals surface area contributed by atoms with E-state index in [2.05, 4.69) is 10.2 Å². The smallest absolute Gasteiger partial charge is 0.258 e. The molecule has 1 atom stereocenters. The van der Waals surface area contributed by atoms with Gasteiger partial charge in [-0.2, -0.15) is 0 Å². The average molecular weight is 473 g/mol. The highest BCUT2D eigenvalue weighted by Gasteiger charge is 2.35. The van der Waals surface area contributed by atoms with Crippen molar-refractivity contribution in [2.24, 2.45) is 5.92 Å². The topological polar surface area (TPSA) is 73.0 Å². The second-order valence-electron chi connectivity index (χ2n) is 8.26. The number of piperazine rings is 1. The molecule has 2 aliphatic rings. The Bertz CT molecular complexity index is 1010. The van der Waals surface area contributed by atoms with E-state index in [1.807, 2.05) is 30.3 Å². The molecule has 0 aliphatic carbocycles. The van der Waals surface area contributed by atoms with Gasteiger partial charge in [-0.05, 0) is 24.3 Å². The van der Waals surface area contributed by atoms with Gasteiger partial charge in [0.25, 0.3) is 5.91 Å². The van der Waals surface area contributed by atoms with Gasteiger partial charge in [0.2, 0.25) is 11.8 Å². The van der Waals surface area contributed by atoms with E-state index in [-0.39, 0.29) is 34.7 Å². The first kappa shape index (κ1) is 23.2. The van der Waals surface area contributed by atoms with Gasteiger partial charge in [-0.3, -0.25) is 19.3 Å². The van der Waals surface area contributed by atoms with Crippen molar-refractivity contribution in [3.63, 3.8) is 0 Å². The van der Waals surface area contributed by atoms with Gasteiger partial charge in [0, 0.05) is 57.9 Å². The van der Waals surface area contributed by atoms with Gasteiger partial charge in [-0.25, -0.2) is 4.39 Å². The fraction of sp³-hybridized carbons (Fsp3) is 0.375. The summed E-state index contributed by atoms with van der Waals surface area (Å²) < 4.78 is 14.0. The first-order valence-corrected chi connectivity index (χ1v) is 11.4. The minimum Gasteiger partial charge on any atom is -0.355 e. The van der Waals surface area contributed by atoms with Crippen LogP contribution in [0, 0.1) is 11.7 Å². The van der Waals surface area contributed by atoms with Crippen LogP contribution < -0.4 is 10.2 Å². The van der Waals surface area contributed by atoms with Gasteiger partial charge >= 0.3 is 0 Å². The number of amides is 3. The zero-order chi connectivity index (χ0) is 23.4. The maximum absolute atomic E-state index is 14.0. The van der Waals surface area contributed by atoms with Crippen LogP contribution in [-0.4, -0.2) is 73.3 Å². The lowest BCUT2D eigenvalue weighted by atomic mass is 10.1. The Morgan fingerprint density at radius 1 is 1.03 bits per heavy atom. The minimum atomic E-state index is -0.617. The Balaban J connectivity index is 1.20. The number of hydrogen-bond acceptors (Lipinski definition) is 4. The number of anilines is 1. The molecule has 7 nitrogen and oxygen atoms in total. The molecule has 0 saturated carbocycles. The first-order valence-electron chi connectivity index (χ1n) is 11.0. The van der Waals surface area contributed by atoms with Crippen LogP contribution in [0.1, 0.15) is 16.8 Å². The van der Waals surface area contributed by atoms with Crippen LogP contribution in [0.5, 0.6) is 0 Å². The molecule has 1 N–H and O–H groups in total. The molecule has 4 rings (SSSR count). The van der Waals surface area contributed by atoms with Crippen molar-refractivity contribution in [2.75, 3.05) is 50.7 Å². The Labute approximate surface area is 197 Å². The summed E-state index contributed by atoms with van der Waals surface area (Å²) in [7, 11) is 0. The molecule has 2 fully saturated rings. The molecule has 0 bridgehead atoms. The van der Waals surface area contributed by atoms with Crippen LogP contribution in [0.2, 0.25) is 5.02 Å². The van der Waals surface area contributed by atoms with Crippen LogP contribution in [0.3, 0.4) is 0 Å². The van der Waals surface area contributed by atoms with Crippen molar-refractivity contribution in [1.82, 2.24) is 15.1 Å². The molecule has 174 valence electrons. The third-order valence-corrected chi connectivity index (χ3v) is 6.44. The van der Waals surface area contributed by atoms with Gasteiger partial charge in [0.05, 0.1) is 16.5 Å². The molecule has 33 heavy (non-hydrogen) atoms. The van der Waals surface area contributed by atoms with Gasteiger partial charge in [-0.1, -0.05) is 35.9 Å². The van der Waals surface area contributed by atoms with Crippen molar-refractivity contribution in [1.29, 1.82) is 0 Å². The molecule has 2 saturated heterocycles.